The number of rotatable bonds is 6. The molecular weight excluding hydrogens is 306 g/mol. The Hall–Kier alpha value is -1.00. The standard InChI is InChI=1S/C16H20ClNO2S/c1-2-7-21-15-14(17)9-12(10-18-15)13(16(19)20)8-11-5-3-4-6-11/h8-11H,2-7H2,1H3,(H,19,20). The van der Waals surface area contributed by atoms with Crippen molar-refractivity contribution in [2.45, 2.75) is 44.1 Å². The van der Waals surface area contributed by atoms with Crippen molar-refractivity contribution in [3.05, 3.63) is 28.9 Å². The molecule has 1 aromatic heterocycles. The maximum Gasteiger partial charge on any atom is 0.336 e. The number of aromatic nitrogens is 1. The fraction of sp³-hybridized carbons (Fsp3) is 0.500. The third-order valence-electron chi connectivity index (χ3n) is 3.59. The molecule has 1 saturated carbocycles. The Labute approximate surface area is 134 Å². The van der Waals surface area contributed by atoms with Gasteiger partial charge in [0, 0.05) is 11.8 Å². The second-order valence-electron chi connectivity index (χ2n) is 5.29. The highest BCUT2D eigenvalue weighted by atomic mass is 35.5. The van der Waals surface area contributed by atoms with E-state index < -0.39 is 5.97 Å². The van der Waals surface area contributed by atoms with Crippen LogP contribution in [-0.4, -0.2) is 21.8 Å². The second-order valence-corrected chi connectivity index (χ2v) is 6.78. The number of thioether (sulfide) groups is 1. The van der Waals surface area contributed by atoms with Crippen molar-refractivity contribution >= 4 is 34.9 Å². The molecule has 0 saturated heterocycles. The van der Waals surface area contributed by atoms with Crippen LogP contribution in [0, 0.1) is 5.92 Å². The maximum absolute atomic E-state index is 11.5. The number of carboxylic acid groups (broad SMARTS) is 1. The molecule has 0 amide bonds. The van der Waals surface area contributed by atoms with Gasteiger partial charge in [0.1, 0.15) is 5.03 Å². The smallest absolute Gasteiger partial charge is 0.336 e. The van der Waals surface area contributed by atoms with Crippen molar-refractivity contribution in [2.75, 3.05) is 5.75 Å². The highest BCUT2D eigenvalue weighted by molar-refractivity contribution is 7.99. The molecule has 21 heavy (non-hydrogen) atoms. The molecule has 1 aromatic rings. The van der Waals surface area contributed by atoms with Crippen molar-refractivity contribution in [3.8, 4) is 0 Å². The van der Waals surface area contributed by atoms with Gasteiger partial charge in [-0.1, -0.05) is 37.4 Å². The van der Waals surface area contributed by atoms with Crippen LogP contribution in [0.15, 0.2) is 23.4 Å². The zero-order chi connectivity index (χ0) is 15.2. The van der Waals surface area contributed by atoms with E-state index >= 15 is 0 Å². The van der Waals surface area contributed by atoms with Crippen LogP contribution in [0.4, 0.5) is 0 Å². The van der Waals surface area contributed by atoms with E-state index in [0.717, 1.165) is 30.0 Å². The first kappa shape index (κ1) is 16.4. The third kappa shape index (κ3) is 4.48. The molecule has 114 valence electrons. The maximum atomic E-state index is 11.5. The average molecular weight is 326 g/mol. The minimum atomic E-state index is -0.909. The van der Waals surface area contributed by atoms with Gasteiger partial charge in [0.15, 0.2) is 0 Å². The van der Waals surface area contributed by atoms with Crippen molar-refractivity contribution < 1.29 is 9.90 Å². The molecule has 0 aliphatic heterocycles. The topological polar surface area (TPSA) is 50.2 Å². The summed E-state index contributed by atoms with van der Waals surface area (Å²) < 4.78 is 0. The molecule has 0 radical (unpaired) electrons. The summed E-state index contributed by atoms with van der Waals surface area (Å²) in [6.45, 7) is 2.10. The van der Waals surface area contributed by atoms with E-state index in [-0.39, 0.29) is 0 Å². The largest absolute Gasteiger partial charge is 0.478 e. The van der Waals surface area contributed by atoms with Gasteiger partial charge in [-0.2, -0.15) is 0 Å². The lowest BCUT2D eigenvalue weighted by atomic mass is 10.00. The monoisotopic (exact) mass is 325 g/mol. The quantitative estimate of drug-likeness (QED) is 0.597. The first-order valence-electron chi connectivity index (χ1n) is 7.35. The lowest BCUT2D eigenvalue weighted by Gasteiger charge is -2.09. The molecule has 5 heteroatoms. The fourth-order valence-electron chi connectivity index (χ4n) is 2.53. The first-order valence-corrected chi connectivity index (χ1v) is 8.72. The number of allylic oxidation sites excluding steroid dienone is 1. The lowest BCUT2D eigenvalue weighted by Crippen LogP contribution is -2.03. The molecule has 1 heterocycles. The Morgan fingerprint density at radius 1 is 1.52 bits per heavy atom. The molecule has 0 aromatic carbocycles. The molecule has 1 aliphatic carbocycles. The third-order valence-corrected chi connectivity index (χ3v) is 5.21. The van der Waals surface area contributed by atoms with Crippen molar-refractivity contribution in [2.24, 2.45) is 5.92 Å². The summed E-state index contributed by atoms with van der Waals surface area (Å²) in [5, 5.41) is 10.7. The Morgan fingerprint density at radius 3 is 2.81 bits per heavy atom. The number of pyridine rings is 1. The summed E-state index contributed by atoms with van der Waals surface area (Å²) in [5.74, 6) is 0.410. The van der Waals surface area contributed by atoms with Crippen LogP contribution in [0.2, 0.25) is 5.02 Å². The van der Waals surface area contributed by atoms with Gasteiger partial charge in [-0.3, -0.25) is 0 Å². The number of carboxylic acids is 1. The highest BCUT2D eigenvalue weighted by Crippen LogP contribution is 2.31. The van der Waals surface area contributed by atoms with E-state index in [1.54, 1.807) is 24.0 Å². The molecule has 0 atom stereocenters. The summed E-state index contributed by atoms with van der Waals surface area (Å²) in [7, 11) is 0. The fourth-order valence-corrected chi connectivity index (χ4v) is 3.58. The van der Waals surface area contributed by atoms with Gasteiger partial charge >= 0.3 is 5.97 Å². The summed E-state index contributed by atoms with van der Waals surface area (Å²) in [6.07, 6.45) is 9.05. The SMILES string of the molecule is CCCSc1ncc(C(=CC2CCCC2)C(=O)O)cc1Cl. The summed E-state index contributed by atoms with van der Waals surface area (Å²) >= 11 is 7.83. The van der Waals surface area contributed by atoms with Gasteiger partial charge in [0.05, 0.1) is 10.6 Å². The molecule has 0 unspecified atom stereocenters. The van der Waals surface area contributed by atoms with Crippen LogP contribution >= 0.6 is 23.4 Å². The second kappa shape index (κ2) is 7.85. The molecule has 1 fully saturated rings. The molecule has 0 spiro atoms. The first-order chi connectivity index (χ1) is 10.1. The number of hydrogen-bond donors (Lipinski definition) is 1. The molecule has 3 nitrogen and oxygen atoms in total. The molecule has 2 rings (SSSR count). The Kier molecular flexibility index (Phi) is 6.12. The summed E-state index contributed by atoms with van der Waals surface area (Å²) in [6, 6.07) is 1.72. The number of nitrogens with zero attached hydrogens (tertiary/aromatic N) is 1. The number of hydrogen-bond acceptors (Lipinski definition) is 3. The van der Waals surface area contributed by atoms with Crippen LogP contribution in [0.5, 0.6) is 0 Å². The normalized spacial score (nSPS) is 16.4. The lowest BCUT2D eigenvalue weighted by molar-refractivity contribution is -0.130. The van der Waals surface area contributed by atoms with E-state index in [4.69, 9.17) is 11.6 Å². The number of carbonyl (C=O) groups is 1. The summed E-state index contributed by atoms with van der Waals surface area (Å²) in [5.41, 5.74) is 0.920. The molecule has 0 bridgehead atoms. The van der Waals surface area contributed by atoms with Gasteiger partial charge in [0.2, 0.25) is 0 Å². The predicted molar refractivity (Wildman–Crippen MR) is 87.8 cm³/mol. The minimum absolute atomic E-state index is 0.323. The van der Waals surface area contributed by atoms with E-state index in [9.17, 15) is 9.90 Å². The van der Waals surface area contributed by atoms with E-state index in [0.29, 0.717) is 22.1 Å². The van der Waals surface area contributed by atoms with Crippen LogP contribution in [0.25, 0.3) is 5.57 Å². The van der Waals surface area contributed by atoms with Gasteiger partial charge in [0.25, 0.3) is 0 Å². The van der Waals surface area contributed by atoms with Crippen molar-refractivity contribution in [1.82, 2.24) is 4.98 Å². The van der Waals surface area contributed by atoms with E-state index in [1.807, 2.05) is 6.08 Å². The van der Waals surface area contributed by atoms with Gasteiger partial charge in [-0.25, -0.2) is 9.78 Å². The molecule has 1 N–H and O–H groups in total. The Bertz CT molecular complexity index is 539. The van der Waals surface area contributed by atoms with Gasteiger partial charge in [-0.15, -0.1) is 11.8 Å². The van der Waals surface area contributed by atoms with Crippen LogP contribution < -0.4 is 0 Å². The highest BCUT2D eigenvalue weighted by Gasteiger charge is 2.18. The van der Waals surface area contributed by atoms with Crippen molar-refractivity contribution in [3.63, 3.8) is 0 Å². The Balaban J connectivity index is 2.24. The van der Waals surface area contributed by atoms with Crippen molar-refractivity contribution in [1.29, 1.82) is 0 Å². The van der Waals surface area contributed by atoms with Crippen LogP contribution in [-0.2, 0) is 4.79 Å². The number of halogens is 1. The predicted octanol–water partition coefficient (Wildman–Crippen LogP) is 4.90. The van der Waals surface area contributed by atoms with Gasteiger partial charge < -0.3 is 5.11 Å². The summed E-state index contributed by atoms with van der Waals surface area (Å²) in [4.78, 5) is 15.8. The Morgan fingerprint density at radius 2 is 2.24 bits per heavy atom. The van der Waals surface area contributed by atoms with E-state index in [2.05, 4.69) is 11.9 Å². The molecule has 1 aliphatic rings. The minimum Gasteiger partial charge on any atom is -0.478 e. The van der Waals surface area contributed by atoms with Crippen LogP contribution in [0.1, 0.15) is 44.6 Å². The van der Waals surface area contributed by atoms with E-state index in [1.165, 1.54) is 12.8 Å². The van der Waals surface area contributed by atoms with Gasteiger partial charge in [-0.05, 0) is 37.0 Å². The molecular formula is C16H20ClNO2S. The number of aliphatic carboxylic acids is 1. The average Bonchev–Trinajstić information content (AvgIpc) is 2.96. The zero-order valence-electron chi connectivity index (χ0n) is 12.1. The zero-order valence-corrected chi connectivity index (χ0v) is 13.7. The van der Waals surface area contributed by atoms with Crippen LogP contribution in [0.3, 0.4) is 0 Å².